The zero-order valence-electron chi connectivity index (χ0n) is 11.0. The first-order valence-corrected chi connectivity index (χ1v) is 5.95. The van der Waals surface area contributed by atoms with Crippen molar-refractivity contribution in [1.29, 1.82) is 0 Å². The second kappa shape index (κ2) is 7.25. The number of aryl methyl sites for hydroxylation is 1. The molecule has 3 N–H and O–H groups in total. The first kappa shape index (κ1) is 14.8. The van der Waals surface area contributed by atoms with Gasteiger partial charge in [-0.05, 0) is 31.5 Å². The lowest BCUT2D eigenvalue weighted by Crippen LogP contribution is -2.45. The van der Waals surface area contributed by atoms with Gasteiger partial charge in [-0.1, -0.05) is 12.1 Å². The Balaban J connectivity index is 2.20. The van der Waals surface area contributed by atoms with Gasteiger partial charge in [-0.15, -0.1) is 0 Å². The first-order valence-electron chi connectivity index (χ1n) is 5.95. The predicted molar refractivity (Wildman–Crippen MR) is 70.3 cm³/mol. The summed E-state index contributed by atoms with van der Waals surface area (Å²) in [6.45, 7) is 3.97. The van der Waals surface area contributed by atoms with Crippen LogP contribution in [0, 0.1) is 6.92 Å². The number of carbonyl (C=O) groups excluding carboxylic acids is 1. The summed E-state index contributed by atoms with van der Waals surface area (Å²) in [5.41, 5.74) is 1.10. The third kappa shape index (κ3) is 5.76. The van der Waals surface area contributed by atoms with Crippen LogP contribution >= 0.6 is 0 Å². The number of hydrogen-bond donors (Lipinski definition) is 3. The lowest BCUT2D eigenvalue weighted by Gasteiger charge is -2.11. The van der Waals surface area contributed by atoms with E-state index in [4.69, 9.17) is 9.84 Å². The number of carbonyl (C=O) groups is 2. The summed E-state index contributed by atoms with van der Waals surface area (Å²) in [4.78, 5) is 21.8. The van der Waals surface area contributed by atoms with Crippen molar-refractivity contribution in [3.63, 3.8) is 0 Å². The number of hydrogen-bond acceptors (Lipinski definition) is 3. The molecule has 0 radical (unpaired) electrons. The molecule has 1 aromatic carbocycles. The highest BCUT2D eigenvalue weighted by Crippen LogP contribution is 2.11. The molecule has 6 nitrogen and oxygen atoms in total. The molecule has 6 heteroatoms. The number of ether oxygens (including phenoxy) is 1. The zero-order valence-corrected chi connectivity index (χ0v) is 11.0. The van der Waals surface area contributed by atoms with Crippen LogP contribution in [-0.4, -0.2) is 36.3 Å². The maximum Gasteiger partial charge on any atom is 0.325 e. The summed E-state index contributed by atoms with van der Waals surface area (Å²) in [5.74, 6) is -0.340. The molecule has 0 fully saturated rings. The molecule has 0 spiro atoms. The Morgan fingerprint density at radius 2 is 2.16 bits per heavy atom. The van der Waals surface area contributed by atoms with Gasteiger partial charge in [0.25, 0.3) is 0 Å². The molecule has 0 aliphatic carbocycles. The summed E-state index contributed by atoms with van der Waals surface area (Å²) in [6.07, 6.45) is 0. The standard InChI is InChI=1S/C13H18N2O4/c1-9-4-3-5-11(8-9)19-7-6-14-13(18)15-10(2)12(16)17/h3-5,8,10H,6-7H2,1-2H3,(H,16,17)(H2,14,15,18). The number of nitrogens with one attached hydrogen (secondary N) is 2. The van der Waals surface area contributed by atoms with Crippen molar-refractivity contribution in [1.82, 2.24) is 10.6 Å². The van der Waals surface area contributed by atoms with Gasteiger partial charge < -0.3 is 20.5 Å². The van der Waals surface area contributed by atoms with Crippen LogP contribution in [0.3, 0.4) is 0 Å². The highest BCUT2D eigenvalue weighted by Gasteiger charge is 2.12. The van der Waals surface area contributed by atoms with Crippen molar-refractivity contribution in [2.45, 2.75) is 19.9 Å². The van der Waals surface area contributed by atoms with Gasteiger partial charge in [0.1, 0.15) is 18.4 Å². The number of aliphatic carboxylic acids is 1. The fourth-order valence-electron chi connectivity index (χ4n) is 1.35. The van der Waals surface area contributed by atoms with Crippen molar-refractivity contribution < 1.29 is 19.4 Å². The predicted octanol–water partition coefficient (Wildman–Crippen LogP) is 1.15. The summed E-state index contributed by atoms with van der Waals surface area (Å²) >= 11 is 0. The molecule has 0 saturated carbocycles. The summed E-state index contributed by atoms with van der Waals surface area (Å²) in [7, 11) is 0. The normalized spacial score (nSPS) is 11.5. The van der Waals surface area contributed by atoms with Gasteiger partial charge in [0.05, 0.1) is 6.54 Å². The van der Waals surface area contributed by atoms with Gasteiger partial charge in [-0.3, -0.25) is 4.79 Å². The van der Waals surface area contributed by atoms with E-state index in [9.17, 15) is 9.59 Å². The molecule has 0 saturated heterocycles. The topological polar surface area (TPSA) is 87.7 Å². The van der Waals surface area contributed by atoms with E-state index in [1.165, 1.54) is 6.92 Å². The lowest BCUT2D eigenvalue weighted by molar-refractivity contribution is -0.138. The number of benzene rings is 1. The molecular weight excluding hydrogens is 248 g/mol. The first-order chi connectivity index (χ1) is 8.99. The van der Waals surface area contributed by atoms with Crippen LogP contribution in [0.1, 0.15) is 12.5 Å². The minimum atomic E-state index is -1.08. The number of urea groups is 1. The van der Waals surface area contributed by atoms with Crippen LogP contribution < -0.4 is 15.4 Å². The molecule has 1 atom stereocenters. The third-order valence-corrected chi connectivity index (χ3v) is 2.36. The quantitative estimate of drug-likeness (QED) is 0.674. The smallest absolute Gasteiger partial charge is 0.325 e. The van der Waals surface area contributed by atoms with E-state index in [0.29, 0.717) is 13.2 Å². The van der Waals surface area contributed by atoms with E-state index in [-0.39, 0.29) is 0 Å². The maximum atomic E-state index is 11.3. The second-order valence-electron chi connectivity index (χ2n) is 4.13. The van der Waals surface area contributed by atoms with E-state index in [1.54, 1.807) is 0 Å². The number of amides is 2. The van der Waals surface area contributed by atoms with E-state index in [2.05, 4.69) is 10.6 Å². The summed E-state index contributed by atoms with van der Waals surface area (Å²) in [6, 6.07) is 6.14. The molecule has 0 bridgehead atoms. The van der Waals surface area contributed by atoms with Crippen LogP contribution in [0.4, 0.5) is 4.79 Å². The van der Waals surface area contributed by atoms with E-state index in [0.717, 1.165) is 11.3 Å². The molecule has 0 aromatic heterocycles. The van der Waals surface area contributed by atoms with Crippen molar-refractivity contribution in [2.75, 3.05) is 13.2 Å². The van der Waals surface area contributed by atoms with Crippen LogP contribution in [0.15, 0.2) is 24.3 Å². The van der Waals surface area contributed by atoms with Crippen LogP contribution in [-0.2, 0) is 4.79 Å². The van der Waals surface area contributed by atoms with Crippen molar-refractivity contribution in [2.24, 2.45) is 0 Å². The minimum Gasteiger partial charge on any atom is -0.492 e. The Morgan fingerprint density at radius 3 is 2.79 bits per heavy atom. The van der Waals surface area contributed by atoms with Gasteiger partial charge in [-0.2, -0.15) is 0 Å². The molecule has 0 heterocycles. The van der Waals surface area contributed by atoms with Gasteiger partial charge in [0.15, 0.2) is 0 Å². The molecule has 104 valence electrons. The number of carboxylic acids is 1. The monoisotopic (exact) mass is 266 g/mol. The highest BCUT2D eigenvalue weighted by molar-refractivity contribution is 5.82. The van der Waals surface area contributed by atoms with Crippen LogP contribution in [0.25, 0.3) is 0 Å². The Hall–Kier alpha value is -2.24. The van der Waals surface area contributed by atoms with Crippen molar-refractivity contribution >= 4 is 12.0 Å². The third-order valence-electron chi connectivity index (χ3n) is 2.36. The second-order valence-corrected chi connectivity index (χ2v) is 4.13. The Morgan fingerprint density at radius 1 is 1.42 bits per heavy atom. The SMILES string of the molecule is Cc1cccc(OCCNC(=O)NC(C)C(=O)O)c1. The van der Waals surface area contributed by atoms with Crippen LogP contribution in [0.5, 0.6) is 5.75 Å². The highest BCUT2D eigenvalue weighted by atomic mass is 16.5. The Bertz CT molecular complexity index is 448. The zero-order chi connectivity index (χ0) is 14.3. The summed E-state index contributed by atoms with van der Waals surface area (Å²) < 4.78 is 5.43. The van der Waals surface area contributed by atoms with Crippen molar-refractivity contribution in [3.8, 4) is 5.75 Å². The molecule has 0 aliphatic heterocycles. The molecule has 19 heavy (non-hydrogen) atoms. The fourth-order valence-corrected chi connectivity index (χ4v) is 1.35. The van der Waals surface area contributed by atoms with Gasteiger partial charge in [0.2, 0.25) is 0 Å². The minimum absolute atomic E-state index is 0.298. The average Bonchev–Trinajstić information content (AvgIpc) is 2.34. The van der Waals surface area contributed by atoms with E-state index in [1.807, 2.05) is 31.2 Å². The van der Waals surface area contributed by atoms with E-state index < -0.39 is 18.0 Å². The summed E-state index contributed by atoms with van der Waals surface area (Å²) in [5, 5.41) is 13.4. The average molecular weight is 266 g/mol. The van der Waals surface area contributed by atoms with Gasteiger partial charge in [-0.25, -0.2) is 4.79 Å². The van der Waals surface area contributed by atoms with Gasteiger partial charge >= 0.3 is 12.0 Å². The Labute approximate surface area is 111 Å². The molecule has 1 rings (SSSR count). The van der Waals surface area contributed by atoms with Crippen LogP contribution in [0.2, 0.25) is 0 Å². The lowest BCUT2D eigenvalue weighted by atomic mass is 10.2. The molecule has 1 aromatic rings. The maximum absolute atomic E-state index is 11.3. The molecule has 2 amide bonds. The largest absolute Gasteiger partial charge is 0.492 e. The van der Waals surface area contributed by atoms with Gasteiger partial charge in [0, 0.05) is 0 Å². The van der Waals surface area contributed by atoms with Crippen molar-refractivity contribution in [3.05, 3.63) is 29.8 Å². The molecule has 0 aliphatic rings. The molecular formula is C13H18N2O4. The fraction of sp³-hybridized carbons (Fsp3) is 0.385. The number of rotatable bonds is 6. The molecule has 1 unspecified atom stereocenters. The van der Waals surface area contributed by atoms with E-state index >= 15 is 0 Å². The Kier molecular flexibility index (Phi) is 5.66. The number of carboxylic acid groups (broad SMARTS) is 1.